The molecule has 1 aromatic carbocycles. The maximum absolute atomic E-state index is 7.31. The molecule has 0 saturated carbocycles. The molecule has 0 N–H and O–H groups in total. The molecular weight excluding hydrogens is 344 g/mol. The number of benzene rings is 1. The first-order chi connectivity index (χ1) is 12.7. The van der Waals surface area contributed by atoms with E-state index in [0.29, 0.717) is 28.5 Å². The van der Waals surface area contributed by atoms with Crippen LogP contribution in [0.4, 0.5) is 0 Å². The summed E-state index contributed by atoms with van der Waals surface area (Å²) in [6.45, 7) is 19.1. The van der Waals surface area contributed by atoms with Crippen LogP contribution in [0.2, 0.25) is 16.6 Å². The second-order valence-corrected chi connectivity index (χ2v) is 15.2. The van der Waals surface area contributed by atoms with Crippen LogP contribution in [0.5, 0.6) is 0 Å². The zero-order valence-electron chi connectivity index (χ0n) is 18.5. The van der Waals surface area contributed by atoms with Gasteiger partial charge in [0.05, 0.1) is 5.76 Å². The molecule has 0 bridgehead atoms. The molecule has 0 radical (unpaired) electrons. The van der Waals surface area contributed by atoms with Gasteiger partial charge >= 0.3 is 0 Å². The zero-order valence-corrected chi connectivity index (χ0v) is 19.5. The average Bonchev–Trinajstić information content (AvgIpc) is 3.05. The molecule has 0 saturated heterocycles. The van der Waals surface area contributed by atoms with Crippen molar-refractivity contribution >= 4 is 8.32 Å². The Hall–Kier alpha value is -1.28. The average molecular weight is 383 g/mol. The lowest BCUT2D eigenvalue weighted by molar-refractivity contribution is 0.243. The Bertz CT molecular complexity index is 706. The fraction of sp³-hybridized carbons (Fsp3) is 0.600. The van der Waals surface area contributed by atoms with Crippen LogP contribution < -0.4 is 0 Å². The quantitative estimate of drug-likeness (QED) is 0.360. The topological polar surface area (TPSA) is 9.23 Å². The van der Waals surface area contributed by atoms with E-state index in [1.165, 1.54) is 16.9 Å². The summed E-state index contributed by atoms with van der Waals surface area (Å²) in [6.07, 6.45) is 5.98. The van der Waals surface area contributed by atoms with Gasteiger partial charge in [-0.3, -0.25) is 0 Å². The van der Waals surface area contributed by atoms with E-state index in [-0.39, 0.29) is 5.41 Å². The monoisotopic (exact) mass is 382 g/mol. The molecule has 0 heterocycles. The van der Waals surface area contributed by atoms with Crippen LogP contribution in [0.15, 0.2) is 53.8 Å². The van der Waals surface area contributed by atoms with Crippen molar-refractivity contribution in [3.63, 3.8) is 0 Å². The molecule has 148 valence electrons. The van der Waals surface area contributed by atoms with Gasteiger partial charge in [0.25, 0.3) is 8.32 Å². The largest absolute Gasteiger partial charge is 0.545 e. The fourth-order valence-electron chi connectivity index (χ4n) is 6.35. The lowest BCUT2D eigenvalue weighted by atomic mass is 9.71. The molecule has 2 heteroatoms. The molecule has 27 heavy (non-hydrogen) atoms. The van der Waals surface area contributed by atoms with Gasteiger partial charge in [0.2, 0.25) is 0 Å². The molecule has 0 fully saturated rings. The van der Waals surface area contributed by atoms with Crippen molar-refractivity contribution in [2.75, 3.05) is 0 Å². The van der Waals surface area contributed by atoms with Gasteiger partial charge in [0, 0.05) is 17.3 Å². The maximum Gasteiger partial charge on any atom is 0.258 e. The number of hydrogen-bond acceptors (Lipinski definition) is 1. The third-order valence-electron chi connectivity index (χ3n) is 7.49. The summed E-state index contributed by atoms with van der Waals surface area (Å²) in [4.78, 5) is 0. The summed E-state index contributed by atoms with van der Waals surface area (Å²) >= 11 is 0. The van der Waals surface area contributed by atoms with E-state index in [9.17, 15) is 0 Å². The fourth-order valence-corrected chi connectivity index (χ4v) is 11.7. The minimum Gasteiger partial charge on any atom is -0.545 e. The van der Waals surface area contributed by atoms with Crippen LogP contribution in [-0.2, 0) is 4.43 Å². The van der Waals surface area contributed by atoms with Gasteiger partial charge in [-0.05, 0) is 41.1 Å². The summed E-state index contributed by atoms with van der Waals surface area (Å²) in [6, 6.07) is 11.1. The Morgan fingerprint density at radius 1 is 0.963 bits per heavy atom. The minimum atomic E-state index is -1.94. The van der Waals surface area contributed by atoms with Crippen molar-refractivity contribution in [3.05, 3.63) is 59.4 Å². The van der Waals surface area contributed by atoms with E-state index < -0.39 is 8.32 Å². The highest BCUT2D eigenvalue weighted by Gasteiger charge is 2.55. The first-order valence-corrected chi connectivity index (χ1v) is 12.9. The molecule has 2 aliphatic rings. The van der Waals surface area contributed by atoms with Crippen molar-refractivity contribution in [1.29, 1.82) is 0 Å². The zero-order chi connectivity index (χ0) is 20.0. The summed E-state index contributed by atoms with van der Waals surface area (Å²) in [5.74, 6) is 2.25. The summed E-state index contributed by atoms with van der Waals surface area (Å²) in [5, 5.41) is 0. The van der Waals surface area contributed by atoms with Gasteiger partial charge in [0.1, 0.15) is 0 Å². The molecule has 0 spiro atoms. The Balaban J connectivity index is 2.10. The Morgan fingerprint density at radius 2 is 1.52 bits per heavy atom. The van der Waals surface area contributed by atoms with Crippen molar-refractivity contribution < 1.29 is 4.43 Å². The Labute approximate surface area is 168 Å². The highest BCUT2D eigenvalue weighted by molar-refractivity contribution is 6.77. The lowest BCUT2D eigenvalue weighted by Gasteiger charge is -2.44. The first-order valence-electron chi connectivity index (χ1n) is 10.8. The highest BCUT2D eigenvalue weighted by atomic mass is 28.4. The second kappa shape index (κ2) is 7.27. The van der Waals surface area contributed by atoms with Crippen molar-refractivity contribution in [2.45, 2.75) is 84.4 Å². The maximum atomic E-state index is 7.31. The van der Waals surface area contributed by atoms with Crippen LogP contribution >= 0.6 is 0 Å². The lowest BCUT2D eigenvalue weighted by Crippen LogP contribution is -2.48. The van der Waals surface area contributed by atoms with Gasteiger partial charge in [-0.2, -0.15) is 0 Å². The van der Waals surface area contributed by atoms with Gasteiger partial charge in [0.15, 0.2) is 0 Å². The van der Waals surface area contributed by atoms with Crippen LogP contribution in [0.3, 0.4) is 0 Å². The van der Waals surface area contributed by atoms with Crippen LogP contribution in [0.25, 0.3) is 0 Å². The Kier molecular flexibility index (Phi) is 5.51. The van der Waals surface area contributed by atoms with Crippen molar-refractivity contribution in [1.82, 2.24) is 0 Å². The van der Waals surface area contributed by atoms with Crippen molar-refractivity contribution in [3.8, 4) is 0 Å². The number of hydrogen-bond donors (Lipinski definition) is 0. The molecular formula is C25H38OSi. The minimum absolute atomic E-state index is 0.145. The second-order valence-electron chi connectivity index (χ2n) is 9.87. The highest BCUT2D eigenvalue weighted by Crippen LogP contribution is 2.62. The number of fused-ring (bicyclic) bond motifs is 1. The molecule has 1 aromatic rings. The number of rotatable bonds is 6. The van der Waals surface area contributed by atoms with Gasteiger partial charge in [-0.1, -0.05) is 91.0 Å². The van der Waals surface area contributed by atoms with Crippen molar-refractivity contribution in [2.24, 2.45) is 11.3 Å². The molecule has 0 aromatic heterocycles. The molecule has 2 aliphatic carbocycles. The van der Waals surface area contributed by atoms with Crippen LogP contribution in [0, 0.1) is 11.3 Å². The third-order valence-corrected chi connectivity index (χ3v) is 13.5. The first kappa shape index (κ1) is 20.5. The predicted molar refractivity (Wildman–Crippen MR) is 119 cm³/mol. The molecule has 0 unspecified atom stereocenters. The SMILES string of the molecule is CC1=C(O[Si](C(C)C)(C(C)C)C(C)C)[C@@H]2CC=C[C@]2(C)[C@H]1c1ccccc1. The third kappa shape index (κ3) is 3.05. The molecule has 3 atom stereocenters. The van der Waals surface area contributed by atoms with E-state index in [0.717, 1.165) is 6.42 Å². The molecule has 3 rings (SSSR count). The van der Waals surface area contributed by atoms with Gasteiger partial charge in [-0.15, -0.1) is 0 Å². The van der Waals surface area contributed by atoms with Crippen LogP contribution in [-0.4, -0.2) is 8.32 Å². The summed E-state index contributed by atoms with van der Waals surface area (Å²) in [7, 11) is -1.94. The van der Waals surface area contributed by atoms with Crippen LogP contribution in [0.1, 0.15) is 73.3 Å². The van der Waals surface area contributed by atoms with E-state index >= 15 is 0 Å². The number of allylic oxidation sites excluding steroid dienone is 4. The van der Waals surface area contributed by atoms with E-state index in [1.807, 2.05) is 0 Å². The smallest absolute Gasteiger partial charge is 0.258 e. The van der Waals surface area contributed by atoms with E-state index in [4.69, 9.17) is 4.43 Å². The normalized spacial score (nSPS) is 28.0. The standard InChI is InChI=1S/C25H38OSi/c1-17(2)27(18(3)4,19(5)6)26-24-20(7)23(21-13-10-9-11-14-21)25(8)16-12-15-22(24)25/h9-14,16-19,22-23H,15H2,1-8H3/t22-,23+,25-/m0/s1. The molecule has 1 nitrogen and oxygen atoms in total. The van der Waals surface area contributed by atoms with Gasteiger partial charge < -0.3 is 4.43 Å². The van der Waals surface area contributed by atoms with E-state index in [1.54, 1.807) is 0 Å². The van der Waals surface area contributed by atoms with Gasteiger partial charge in [-0.25, -0.2) is 0 Å². The Morgan fingerprint density at radius 3 is 2.04 bits per heavy atom. The summed E-state index contributed by atoms with van der Waals surface area (Å²) in [5.41, 5.74) is 4.86. The van der Waals surface area contributed by atoms with E-state index in [2.05, 4.69) is 97.9 Å². The summed E-state index contributed by atoms with van der Waals surface area (Å²) < 4.78 is 7.31. The molecule has 0 aliphatic heterocycles. The predicted octanol–water partition coefficient (Wildman–Crippen LogP) is 7.83. The molecule has 0 amide bonds.